The topological polar surface area (TPSA) is 38.0 Å². The minimum absolute atomic E-state index is 0.314. The van der Waals surface area contributed by atoms with Crippen LogP contribution in [0.2, 0.25) is 5.02 Å². The average molecular weight is 344 g/mol. The van der Waals surface area contributed by atoms with Crippen LogP contribution in [-0.4, -0.2) is 0 Å². The van der Waals surface area contributed by atoms with E-state index in [0.29, 0.717) is 10.6 Å². The molecule has 100 valence electrons. The lowest BCUT2D eigenvalue weighted by Crippen LogP contribution is -2.30. The van der Waals surface area contributed by atoms with Crippen molar-refractivity contribution in [3.8, 4) is 0 Å². The summed E-state index contributed by atoms with van der Waals surface area (Å²) in [6.45, 7) is 1.89. The third-order valence-electron chi connectivity index (χ3n) is 3.06. The van der Waals surface area contributed by atoms with E-state index in [1.165, 1.54) is 6.07 Å². The van der Waals surface area contributed by atoms with E-state index in [-0.39, 0.29) is 5.82 Å². The van der Waals surface area contributed by atoms with Gasteiger partial charge in [0.1, 0.15) is 5.82 Å². The smallest absolute Gasteiger partial charge is 0.128 e. The molecule has 0 aliphatic carbocycles. The van der Waals surface area contributed by atoms with Gasteiger partial charge in [0, 0.05) is 15.1 Å². The lowest BCUT2D eigenvalue weighted by Gasteiger charge is -2.20. The Labute approximate surface area is 124 Å². The summed E-state index contributed by atoms with van der Waals surface area (Å²) in [4.78, 5) is 0. The number of nitrogens with two attached hydrogens (primary N) is 1. The molecule has 0 spiro atoms. The highest BCUT2D eigenvalue weighted by atomic mass is 79.9. The Morgan fingerprint density at radius 1 is 1.26 bits per heavy atom. The second-order valence-corrected chi connectivity index (χ2v) is 5.54. The summed E-state index contributed by atoms with van der Waals surface area (Å²) in [6.07, 6.45) is 0. The van der Waals surface area contributed by atoms with Crippen LogP contribution in [0.25, 0.3) is 0 Å². The molecule has 19 heavy (non-hydrogen) atoms. The number of halogens is 3. The molecule has 1 atom stereocenters. The highest BCUT2D eigenvalue weighted by Gasteiger charge is 2.19. The summed E-state index contributed by atoms with van der Waals surface area (Å²) >= 11 is 9.44. The molecular weight excluding hydrogens is 331 g/mol. The molecule has 0 amide bonds. The average Bonchev–Trinajstić information content (AvgIpc) is 2.39. The first kappa shape index (κ1) is 14.5. The van der Waals surface area contributed by atoms with E-state index < -0.39 is 6.04 Å². The highest BCUT2D eigenvalue weighted by molar-refractivity contribution is 9.10. The number of hydrogen-bond acceptors (Lipinski definition) is 2. The molecule has 0 saturated heterocycles. The predicted octanol–water partition coefficient (Wildman–Crippen LogP) is 4.10. The molecule has 0 radical (unpaired) electrons. The molecule has 0 bridgehead atoms. The zero-order valence-corrected chi connectivity index (χ0v) is 12.6. The van der Waals surface area contributed by atoms with Gasteiger partial charge in [0.2, 0.25) is 0 Å². The molecule has 2 aromatic carbocycles. The number of benzene rings is 2. The van der Waals surface area contributed by atoms with Crippen molar-refractivity contribution >= 4 is 27.5 Å². The monoisotopic (exact) mass is 342 g/mol. The lowest BCUT2D eigenvalue weighted by molar-refractivity contribution is 0.558. The van der Waals surface area contributed by atoms with Gasteiger partial charge >= 0.3 is 0 Å². The van der Waals surface area contributed by atoms with Crippen LogP contribution in [-0.2, 0) is 0 Å². The van der Waals surface area contributed by atoms with Crippen LogP contribution < -0.4 is 11.3 Å². The Kier molecular flexibility index (Phi) is 4.58. The summed E-state index contributed by atoms with van der Waals surface area (Å²) in [6, 6.07) is 9.82. The highest BCUT2D eigenvalue weighted by Crippen LogP contribution is 2.31. The van der Waals surface area contributed by atoms with E-state index in [4.69, 9.17) is 17.4 Å². The molecule has 2 nitrogen and oxygen atoms in total. The van der Waals surface area contributed by atoms with Gasteiger partial charge in [-0.25, -0.2) is 9.82 Å². The number of hydrazine groups is 1. The van der Waals surface area contributed by atoms with Crippen molar-refractivity contribution in [2.24, 2.45) is 5.84 Å². The molecular formula is C14H13BrClFN2. The third kappa shape index (κ3) is 2.98. The molecule has 0 saturated carbocycles. The second kappa shape index (κ2) is 6.01. The lowest BCUT2D eigenvalue weighted by atomic mass is 9.95. The minimum atomic E-state index is -0.448. The first-order valence-corrected chi connectivity index (χ1v) is 6.87. The first-order valence-electron chi connectivity index (χ1n) is 5.70. The van der Waals surface area contributed by atoms with Crippen molar-refractivity contribution in [2.75, 3.05) is 0 Å². The van der Waals surface area contributed by atoms with Crippen LogP contribution in [0.5, 0.6) is 0 Å². The number of rotatable bonds is 3. The van der Waals surface area contributed by atoms with Gasteiger partial charge in [0.15, 0.2) is 0 Å². The number of nitrogens with one attached hydrogen (secondary N) is 1. The third-order valence-corrected chi connectivity index (χ3v) is 3.96. The van der Waals surface area contributed by atoms with Gasteiger partial charge in [-0.05, 0) is 42.3 Å². The molecule has 1 unspecified atom stereocenters. The Morgan fingerprint density at radius 3 is 2.68 bits per heavy atom. The molecule has 0 heterocycles. The van der Waals surface area contributed by atoms with Crippen LogP contribution in [0.1, 0.15) is 22.7 Å². The van der Waals surface area contributed by atoms with Gasteiger partial charge < -0.3 is 0 Å². The Morgan fingerprint density at radius 2 is 2.00 bits per heavy atom. The summed E-state index contributed by atoms with van der Waals surface area (Å²) in [5.74, 6) is 5.29. The van der Waals surface area contributed by atoms with Gasteiger partial charge in [0.25, 0.3) is 0 Å². The van der Waals surface area contributed by atoms with Crippen LogP contribution in [0.15, 0.2) is 40.9 Å². The molecule has 5 heteroatoms. The van der Waals surface area contributed by atoms with Crippen LogP contribution in [0.3, 0.4) is 0 Å². The molecule has 2 aromatic rings. The van der Waals surface area contributed by atoms with E-state index in [9.17, 15) is 4.39 Å². The maximum absolute atomic E-state index is 14.0. The standard InChI is InChI=1S/C14H13BrClFN2/c1-8-10(3-2-4-12(8)16)14(19-18)11-7-9(15)5-6-13(11)17/h2-7,14,19H,18H2,1H3. The summed E-state index contributed by atoms with van der Waals surface area (Å²) in [5, 5.41) is 0.633. The van der Waals surface area contributed by atoms with Crippen molar-refractivity contribution in [2.45, 2.75) is 13.0 Å². The van der Waals surface area contributed by atoms with Gasteiger partial charge in [-0.3, -0.25) is 5.84 Å². The first-order chi connectivity index (χ1) is 9.04. The van der Waals surface area contributed by atoms with Crippen molar-refractivity contribution in [1.29, 1.82) is 0 Å². The summed E-state index contributed by atoms with van der Waals surface area (Å²) < 4.78 is 14.8. The van der Waals surface area contributed by atoms with Gasteiger partial charge in [-0.1, -0.05) is 39.7 Å². The Hall–Kier alpha value is -0.940. The van der Waals surface area contributed by atoms with Gasteiger partial charge in [0.05, 0.1) is 6.04 Å². The molecule has 3 N–H and O–H groups in total. The molecule has 0 aromatic heterocycles. The molecule has 2 rings (SSSR count). The van der Waals surface area contributed by atoms with E-state index in [0.717, 1.165) is 15.6 Å². The Balaban J connectivity index is 2.56. The van der Waals surface area contributed by atoms with E-state index in [2.05, 4.69) is 21.4 Å². The van der Waals surface area contributed by atoms with Crippen LogP contribution in [0, 0.1) is 12.7 Å². The van der Waals surface area contributed by atoms with E-state index in [1.54, 1.807) is 18.2 Å². The van der Waals surface area contributed by atoms with E-state index >= 15 is 0 Å². The summed E-state index contributed by atoms with van der Waals surface area (Å²) in [7, 11) is 0. The predicted molar refractivity (Wildman–Crippen MR) is 79.5 cm³/mol. The Bertz CT molecular complexity index is 602. The SMILES string of the molecule is Cc1c(Cl)cccc1C(NN)c1cc(Br)ccc1F. The zero-order valence-electron chi connectivity index (χ0n) is 10.3. The largest absolute Gasteiger partial charge is 0.271 e. The number of hydrogen-bond donors (Lipinski definition) is 2. The quantitative estimate of drug-likeness (QED) is 0.650. The van der Waals surface area contributed by atoms with Crippen LogP contribution in [0.4, 0.5) is 4.39 Å². The maximum Gasteiger partial charge on any atom is 0.128 e. The fraction of sp³-hybridized carbons (Fsp3) is 0.143. The molecule has 0 aliphatic heterocycles. The fourth-order valence-corrected chi connectivity index (χ4v) is 2.58. The van der Waals surface area contributed by atoms with Crippen molar-refractivity contribution < 1.29 is 4.39 Å². The van der Waals surface area contributed by atoms with Crippen LogP contribution >= 0.6 is 27.5 Å². The minimum Gasteiger partial charge on any atom is -0.271 e. The van der Waals surface area contributed by atoms with E-state index in [1.807, 2.05) is 19.1 Å². The summed E-state index contributed by atoms with van der Waals surface area (Å²) in [5.41, 5.74) is 4.86. The van der Waals surface area contributed by atoms with Crippen molar-refractivity contribution in [1.82, 2.24) is 5.43 Å². The van der Waals surface area contributed by atoms with Crippen molar-refractivity contribution in [3.63, 3.8) is 0 Å². The normalized spacial score (nSPS) is 12.5. The maximum atomic E-state index is 14.0. The fourth-order valence-electron chi connectivity index (χ4n) is 2.02. The van der Waals surface area contributed by atoms with Gasteiger partial charge in [-0.15, -0.1) is 0 Å². The second-order valence-electron chi connectivity index (χ2n) is 4.22. The zero-order chi connectivity index (χ0) is 14.0. The molecule has 0 aliphatic rings. The van der Waals surface area contributed by atoms with Gasteiger partial charge in [-0.2, -0.15) is 0 Å². The van der Waals surface area contributed by atoms with Crippen molar-refractivity contribution in [3.05, 3.63) is 68.4 Å². The molecule has 0 fully saturated rings.